The van der Waals surface area contributed by atoms with Gasteiger partial charge in [-0.2, -0.15) is 0 Å². The van der Waals surface area contributed by atoms with E-state index in [0.717, 1.165) is 43.5 Å². The highest BCUT2D eigenvalue weighted by Crippen LogP contribution is 2.51. The van der Waals surface area contributed by atoms with Crippen LogP contribution in [0.2, 0.25) is 0 Å². The number of hydrogen-bond donors (Lipinski definition) is 0. The number of ether oxygens (including phenoxy) is 2. The van der Waals surface area contributed by atoms with Gasteiger partial charge in [0.15, 0.2) is 11.6 Å². The van der Waals surface area contributed by atoms with Crippen molar-refractivity contribution >= 4 is 29.3 Å². The third-order valence-corrected chi connectivity index (χ3v) is 9.95. The number of thioether (sulfide) groups is 2. The molecule has 3 rings (SSSR count). The maximum absolute atomic E-state index is 12.4. The molecule has 0 bridgehead atoms. The van der Waals surface area contributed by atoms with Crippen LogP contribution in [0.25, 0.3) is 0 Å². The Kier molecular flexibility index (Phi) is 9.67. The standard InChI is InChI=1S/C25H42O3S2/c1-4-5-6-7-8-9-21(26)11-10-20-14-15-25(27-18-24(2,3)19-28-25)22(20)12-13-23-29-16-17-30-23/h10-11,20,22-23H,4-9,12-19H2,1-3H3/b11-10+. The molecule has 2 unspecified atom stereocenters. The van der Waals surface area contributed by atoms with E-state index in [1.165, 1.54) is 43.6 Å². The molecule has 5 heteroatoms. The Morgan fingerprint density at radius 2 is 1.73 bits per heavy atom. The minimum absolute atomic E-state index is 0.0919. The highest BCUT2D eigenvalue weighted by molar-refractivity contribution is 8.20. The Morgan fingerprint density at radius 3 is 2.43 bits per heavy atom. The molecular weight excluding hydrogens is 412 g/mol. The van der Waals surface area contributed by atoms with E-state index in [0.29, 0.717) is 24.0 Å². The van der Waals surface area contributed by atoms with Crippen molar-refractivity contribution in [2.45, 2.75) is 95.3 Å². The zero-order valence-corrected chi connectivity index (χ0v) is 21.0. The van der Waals surface area contributed by atoms with E-state index in [1.807, 2.05) is 6.08 Å². The van der Waals surface area contributed by atoms with Crippen LogP contribution in [0.15, 0.2) is 12.2 Å². The zero-order chi connectivity index (χ0) is 21.5. The van der Waals surface area contributed by atoms with Crippen molar-refractivity contribution in [3.8, 4) is 0 Å². The van der Waals surface area contributed by atoms with Crippen LogP contribution in [0.1, 0.15) is 85.0 Å². The van der Waals surface area contributed by atoms with Crippen LogP contribution < -0.4 is 0 Å². The number of hydrogen-bond acceptors (Lipinski definition) is 5. The van der Waals surface area contributed by atoms with Crippen molar-refractivity contribution < 1.29 is 14.3 Å². The molecule has 3 fully saturated rings. The van der Waals surface area contributed by atoms with E-state index >= 15 is 0 Å². The molecule has 3 nitrogen and oxygen atoms in total. The highest BCUT2D eigenvalue weighted by Gasteiger charge is 2.52. The SMILES string of the molecule is CCCCCCCC(=O)/C=C/C1CCC2(OCC(C)(C)CO2)C1CCC1SCCS1. The average Bonchev–Trinajstić information content (AvgIpc) is 3.35. The summed E-state index contributed by atoms with van der Waals surface area (Å²) in [5.74, 6) is 3.18. The predicted octanol–water partition coefficient (Wildman–Crippen LogP) is 6.85. The first-order chi connectivity index (χ1) is 14.4. The lowest BCUT2D eigenvalue weighted by Crippen LogP contribution is -2.50. The molecule has 172 valence electrons. The second-order valence-corrected chi connectivity index (χ2v) is 13.0. The molecule has 2 atom stereocenters. The first-order valence-electron chi connectivity index (χ1n) is 12.2. The van der Waals surface area contributed by atoms with Crippen LogP contribution in [-0.2, 0) is 14.3 Å². The van der Waals surface area contributed by atoms with Gasteiger partial charge in [0, 0.05) is 35.7 Å². The van der Waals surface area contributed by atoms with E-state index in [-0.39, 0.29) is 5.41 Å². The quantitative estimate of drug-likeness (QED) is 0.252. The summed E-state index contributed by atoms with van der Waals surface area (Å²) in [6.45, 7) is 8.19. The van der Waals surface area contributed by atoms with Gasteiger partial charge >= 0.3 is 0 Å². The molecule has 2 saturated heterocycles. The summed E-state index contributed by atoms with van der Waals surface area (Å²) in [6.07, 6.45) is 15.1. The smallest absolute Gasteiger partial charge is 0.171 e. The van der Waals surface area contributed by atoms with Crippen LogP contribution >= 0.6 is 23.5 Å². The maximum Gasteiger partial charge on any atom is 0.171 e. The Balaban J connectivity index is 1.56. The maximum atomic E-state index is 12.4. The summed E-state index contributed by atoms with van der Waals surface area (Å²) in [4.78, 5) is 12.4. The molecule has 2 heterocycles. The normalized spacial score (nSPS) is 28.6. The molecule has 0 amide bonds. The lowest BCUT2D eigenvalue weighted by Gasteiger charge is -2.45. The van der Waals surface area contributed by atoms with Gasteiger partial charge in [-0.05, 0) is 37.7 Å². The third kappa shape index (κ3) is 7.02. The molecule has 0 radical (unpaired) electrons. The van der Waals surface area contributed by atoms with Gasteiger partial charge in [0.2, 0.25) is 0 Å². The fourth-order valence-electron chi connectivity index (χ4n) is 4.93. The fourth-order valence-corrected chi connectivity index (χ4v) is 7.79. The van der Waals surface area contributed by atoms with Crippen molar-refractivity contribution in [2.75, 3.05) is 24.7 Å². The van der Waals surface area contributed by atoms with Crippen molar-refractivity contribution in [2.24, 2.45) is 17.3 Å². The van der Waals surface area contributed by atoms with Crippen LogP contribution in [0.3, 0.4) is 0 Å². The van der Waals surface area contributed by atoms with E-state index in [9.17, 15) is 4.79 Å². The van der Waals surface area contributed by atoms with Gasteiger partial charge < -0.3 is 9.47 Å². The van der Waals surface area contributed by atoms with Gasteiger partial charge in [0.25, 0.3) is 0 Å². The molecule has 30 heavy (non-hydrogen) atoms. The molecule has 1 spiro atoms. The number of allylic oxidation sites excluding steroid dienone is 2. The van der Waals surface area contributed by atoms with Gasteiger partial charge in [0.05, 0.1) is 17.8 Å². The summed E-state index contributed by atoms with van der Waals surface area (Å²) < 4.78 is 13.6. The Labute approximate surface area is 192 Å². The summed E-state index contributed by atoms with van der Waals surface area (Å²) >= 11 is 4.21. The Morgan fingerprint density at radius 1 is 1.03 bits per heavy atom. The summed E-state index contributed by atoms with van der Waals surface area (Å²) in [5, 5.41) is 0. The molecule has 0 aromatic rings. The first kappa shape index (κ1) is 24.7. The molecule has 3 aliphatic rings. The van der Waals surface area contributed by atoms with Crippen LogP contribution in [-0.4, -0.2) is 40.9 Å². The lowest BCUT2D eigenvalue weighted by atomic mass is 9.86. The van der Waals surface area contributed by atoms with Crippen molar-refractivity contribution in [3.05, 3.63) is 12.2 Å². The monoisotopic (exact) mass is 454 g/mol. The molecular formula is C25H42O3S2. The fraction of sp³-hybridized carbons (Fsp3) is 0.880. The molecule has 1 aliphatic carbocycles. The number of ketones is 1. The number of carbonyl (C=O) groups is 1. The summed E-state index contributed by atoms with van der Waals surface area (Å²) in [6, 6.07) is 0. The summed E-state index contributed by atoms with van der Waals surface area (Å²) in [5.41, 5.74) is 0.0919. The van der Waals surface area contributed by atoms with Crippen LogP contribution in [0.4, 0.5) is 0 Å². The second kappa shape index (κ2) is 11.8. The topological polar surface area (TPSA) is 35.5 Å². The number of unbranched alkanes of at least 4 members (excludes halogenated alkanes) is 4. The van der Waals surface area contributed by atoms with E-state index in [4.69, 9.17) is 9.47 Å². The van der Waals surface area contributed by atoms with Gasteiger partial charge in [0.1, 0.15) is 0 Å². The van der Waals surface area contributed by atoms with Crippen molar-refractivity contribution in [1.82, 2.24) is 0 Å². The van der Waals surface area contributed by atoms with Crippen molar-refractivity contribution in [1.29, 1.82) is 0 Å². The Hall–Kier alpha value is 0.0300. The lowest BCUT2D eigenvalue weighted by molar-refractivity contribution is -0.316. The molecule has 0 N–H and O–H groups in total. The molecule has 1 saturated carbocycles. The van der Waals surface area contributed by atoms with Crippen molar-refractivity contribution in [3.63, 3.8) is 0 Å². The zero-order valence-electron chi connectivity index (χ0n) is 19.3. The molecule has 0 aromatic carbocycles. The van der Waals surface area contributed by atoms with E-state index in [2.05, 4.69) is 50.4 Å². The highest BCUT2D eigenvalue weighted by atomic mass is 32.2. The minimum atomic E-state index is -0.429. The van der Waals surface area contributed by atoms with Crippen LogP contribution in [0.5, 0.6) is 0 Å². The number of rotatable bonds is 11. The molecule has 2 aliphatic heterocycles. The van der Waals surface area contributed by atoms with Gasteiger partial charge in [-0.25, -0.2) is 0 Å². The average molecular weight is 455 g/mol. The van der Waals surface area contributed by atoms with Crippen LogP contribution in [0, 0.1) is 17.3 Å². The predicted molar refractivity (Wildman–Crippen MR) is 130 cm³/mol. The summed E-state index contributed by atoms with van der Waals surface area (Å²) in [7, 11) is 0. The van der Waals surface area contributed by atoms with Gasteiger partial charge in [-0.1, -0.05) is 52.5 Å². The van der Waals surface area contributed by atoms with Gasteiger partial charge in [-0.15, -0.1) is 23.5 Å². The second-order valence-electron chi connectivity index (χ2n) is 10.1. The number of carbonyl (C=O) groups excluding carboxylic acids is 1. The third-order valence-electron chi connectivity index (χ3n) is 6.78. The molecule has 0 aromatic heterocycles. The van der Waals surface area contributed by atoms with Gasteiger partial charge in [-0.3, -0.25) is 4.79 Å². The first-order valence-corrected chi connectivity index (χ1v) is 14.3. The minimum Gasteiger partial charge on any atom is -0.349 e. The Bertz CT molecular complexity index is 559. The largest absolute Gasteiger partial charge is 0.349 e. The van der Waals surface area contributed by atoms with E-state index < -0.39 is 5.79 Å². The van der Waals surface area contributed by atoms with E-state index in [1.54, 1.807) is 0 Å².